The molecule has 0 fully saturated rings. The zero-order valence-corrected chi connectivity index (χ0v) is 13.0. The van der Waals surface area contributed by atoms with Crippen LogP contribution in [-0.2, 0) is 27.4 Å². The lowest BCUT2D eigenvalue weighted by atomic mass is 10.1. The van der Waals surface area contributed by atoms with Gasteiger partial charge in [-0.15, -0.1) is 0 Å². The number of rotatable bonds is 6. The summed E-state index contributed by atoms with van der Waals surface area (Å²) >= 11 is 0. The van der Waals surface area contributed by atoms with Crippen molar-refractivity contribution in [2.24, 2.45) is 0 Å². The van der Waals surface area contributed by atoms with Gasteiger partial charge in [0.25, 0.3) is 11.1 Å². The molecule has 0 saturated heterocycles. The Morgan fingerprint density at radius 2 is 1.46 bits per heavy atom. The van der Waals surface area contributed by atoms with Crippen molar-refractivity contribution in [1.82, 2.24) is 19.9 Å². The molecular weight excluding hydrogens is 352 g/mol. The van der Waals surface area contributed by atoms with Crippen LogP contribution in [0.25, 0.3) is 0 Å². The first-order valence-electron chi connectivity index (χ1n) is 6.98. The molecule has 12 heteroatoms. The number of carbonyl (C=O) groups excluding carboxylic acids is 1. The lowest BCUT2D eigenvalue weighted by Gasteiger charge is -2.08. The van der Waals surface area contributed by atoms with Gasteiger partial charge >= 0.3 is 23.3 Å². The highest BCUT2D eigenvalue weighted by molar-refractivity contribution is 5.96. The van der Waals surface area contributed by atoms with Crippen LogP contribution >= 0.6 is 0 Å². The lowest BCUT2D eigenvalue weighted by Crippen LogP contribution is -2.25. The Morgan fingerprint density at radius 3 is 2.00 bits per heavy atom. The molecule has 2 heterocycles. The second kappa shape index (κ2) is 7.74. The Balaban J connectivity index is 2.20. The lowest BCUT2D eigenvalue weighted by molar-refractivity contribution is -0.141. The molecule has 0 spiro atoms. The third-order valence-corrected chi connectivity index (χ3v) is 2.93. The van der Waals surface area contributed by atoms with Gasteiger partial charge in [-0.05, 0) is 0 Å². The van der Waals surface area contributed by atoms with E-state index in [0.717, 1.165) is 12.1 Å². The second-order valence-electron chi connectivity index (χ2n) is 4.99. The first-order chi connectivity index (χ1) is 12.2. The number of carboxylic acids is 1. The number of carbonyl (C=O) groups is 2. The molecule has 0 bridgehead atoms. The van der Waals surface area contributed by atoms with E-state index in [1.807, 2.05) is 9.97 Å². The molecule has 2 rings (SSSR count). The van der Waals surface area contributed by atoms with E-state index in [0.29, 0.717) is 6.08 Å². The Kier molecular flexibility index (Phi) is 5.47. The van der Waals surface area contributed by atoms with Crippen molar-refractivity contribution in [3.05, 3.63) is 76.8 Å². The molecule has 0 radical (unpaired) electrons. The van der Waals surface area contributed by atoms with Gasteiger partial charge in [0.05, 0.1) is 11.3 Å². The summed E-state index contributed by atoms with van der Waals surface area (Å²) in [5.41, 5.74) is -3.44. The first-order valence-corrected chi connectivity index (χ1v) is 6.98. The van der Waals surface area contributed by atoms with Crippen LogP contribution in [0, 0.1) is 0 Å². The number of hydrogen-bond acceptors (Lipinski definition) is 7. The number of H-pyrrole nitrogens is 4. The van der Waals surface area contributed by atoms with E-state index in [2.05, 4.69) is 9.97 Å². The molecule has 5 N–H and O–H groups in total. The molecule has 0 aliphatic rings. The van der Waals surface area contributed by atoms with Gasteiger partial charge < -0.3 is 19.8 Å². The van der Waals surface area contributed by atoms with Crippen molar-refractivity contribution in [2.45, 2.75) is 13.0 Å². The highest BCUT2D eigenvalue weighted by Gasteiger charge is 2.15. The van der Waals surface area contributed by atoms with Gasteiger partial charge in [0, 0.05) is 30.3 Å². The SMILES string of the molecule is O=C(O)C=C(Cc1cc(=O)[nH]c(=O)[nH]1)C(=O)OCc1cc(=O)[nH]c(=O)[nH]1. The highest BCUT2D eigenvalue weighted by atomic mass is 16.5. The first kappa shape index (κ1) is 18.4. The number of aromatic amines is 4. The predicted molar refractivity (Wildman–Crippen MR) is 84.6 cm³/mol. The molecule has 0 atom stereocenters. The third-order valence-electron chi connectivity index (χ3n) is 2.93. The minimum Gasteiger partial charge on any atom is -0.478 e. The van der Waals surface area contributed by atoms with Crippen LogP contribution in [0.2, 0.25) is 0 Å². The highest BCUT2D eigenvalue weighted by Crippen LogP contribution is 2.07. The summed E-state index contributed by atoms with van der Waals surface area (Å²) in [5.74, 6) is -2.52. The van der Waals surface area contributed by atoms with Gasteiger partial charge in [-0.1, -0.05) is 0 Å². The molecule has 26 heavy (non-hydrogen) atoms. The maximum atomic E-state index is 12.1. The van der Waals surface area contributed by atoms with Crippen LogP contribution in [-0.4, -0.2) is 37.0 Å². The summed E-state index contributed by atoms with van der Waals surface area (Å²) < 4.78 is 4.86. The minimum atomic E-state index is -1.45. The molecule has 2 aromatic rings. The Morgan fingerprint density at radius 1 is 0.923 bits per heavy atom. The Labute approximate surface area is 142 Å². The summed E-state index contributed by atoms with van der Waals surface area (Å²) in [6, 6.07) is 1.97. The zero-order chi connectivity index (χ0) is 19.3. The standard InChI is InChI=1S/C14H12N4O8/c19-9-3-7(15-13(24)17-9)1-6(2-11(21)22)12(23)26-5-8-4-10(20)18-14(25)16-8/h2-4H,1,5H2,(H,21,22)(H2,15,17,19,24)(H2,16,18,20,25). The number of hydrogen-bond donors (Lipinski definition) is 5. The van der Waals surface area contributed by atoms with Crippen LogP contribution in [0.3, 0.4) is 0 Å². The van der Waals surface area contributed by atoms with Crippen LogP contribution in [0.4, 0.5) is 0 Å². The average Bonchev–Trinajstić information content (AvgIpc) is 2.49. The molecule has 12 nitrogen and oxygen atoms in total. The fraction of sp³-hybridized carbons (Fsp3) is 0.143. The average molecular weight is 364 g/mol. The second-order valence-corrected chi connectivity index (χ2v) is 4.99. The number of carboxylic acid groups (broad SMARTS) is 1. The largest absolute Gasteiger partial charge is 0.478 e. The van der Waals surface area contributed by atoms with Crippen LogP contribution < -0.4 is 22.5 Å². The number of esters is 1. The van der Waals surface area contributed by atoms with Crippen molar-refractivity contribution >= 4 is 11.9 Å². The van der Waals surface area contributed by atoms with Gasteiger partial charge in [0.1, 0.15) is 6.61 Å². The van der Waals surface area contributed by atoms with E-state index < -0.39 is 47.5 Å². The number of aromatic nitrogens is 4. The van der Waals surface area contributed by atoms with Gasteiger partial charge in [0.15, 0.2) is 0 Å². The van der Waals surface area contributed by atoms with Crippen LogP contribution in [0.15, 0.2) is 43.0 Å². The molecule has 0 aliphatic carbocycles. The van der Waals surface area contributed by atoms with E-state index in [1.54, 1.807) is 0 Å². The third kappa shape index (κ3) is 5.30. The van der Waals surface area contributed by atoms with Gasteiger partial charge in [-0.2, -0.15) is 0 Å². The number of aliphatic carboxylic acids is 1. The van der Waals surface area contributed by atoms with Crippen molar-refractivity contribution in [3.8, 4) is 0 Å². The number of ether oxygens (including phenoxy) is 1. The molecule has 0 aromatic carbocycles. The topological polar surface area (TPSA) is 195 Å². The molecule has 0 unspecified atom stereocenters. The Bertz CT molecular complexity index is 1040. The normalized spacial score (nSPS) is 11.2. The molecule has 0 saturated carbocycles. The van der Waals surface area contributed by atoms with E-state index in [9.17, 15) is 28.8 Å². The summed E-state index contributed by atoms with van der Waals surface area (Å²) in [4.78, 5) is 76.1. The molecule has 0 amide bonds. The van der Waals surface area contributed by atoms with Crippen molar-refractivity contribution in [1.29, 1.82) is 0 Å². The summed E-state index contributed by atoms with van der Waals surface area (Å²) in [6.45, 7) is -0.499. The molecule has 2 aromatic heterocycles. The van der Waals surface area contributed by atoms with Gasteiger partial charge in [0.2, 0.25) is 0 Å². The predicted octanol–water partition coefficient (Wildman–Crippen LogP) is -2.26. The monoisotopic (exact) mass is 364 g/mol. The quantitative estimate of drug-likeness (QED) is 0.279. The van der Waals surface area contributed by atoms with E-state index in [4.69, 9.17) is 9.84 Å². The summed E-state index contributed by atoms with van der Waals surface area (Å²) in [6.07, 6.45) is 0.165. The van der Waals surface area contributed by atoms with Crippen molar-refractivity contribution in [3.63, 3.8) is 0 Å². The molecule has 136 valence electrons. The van der Waals surface area contributed by atoms with Crippen LogP contribution in [0.5, 0.6) is 0 Å². The smallest absolute Gasteiger partial charge is 0.335 e. The van der Waals surface area contributed by atoms with E-state index in [1.165, 1.54) is 0 Å². The van der Waals surface area contributed by atoms with Crippen molar-refractivity contribution < 1.29 is 19.4 Å². The van der Waals surface area contributed by atoms with E-state index >= 15 is 0 Å². The maximum Gasteiger partial charge on any atom is 0.335 e. The summed E-state index contributed by atoms with van der Waals surface area (Å²) in [5, 5.41) is 8.86. The fourth-order valence-electron chi connectivity index (χ4n) is 1.98. The van der Waals surface area contributed by atoms with Gasteiger partial charge in [-0.25, -0.2) is 19.2 Å². The van der Waals surface area contributed by atoms with Crippen LogP contribution in [0.1, 0.15) is 11.4 Å². The zero-order valence-electron chi connectivity index (χ0n) is 13.0. The number of nitrogens with one attached hydrogen (secondary N) is 4. The molecular formula is C14H12N4O8. The summed E-state index contributed by atoms with van der Waals surface area (Å²) in [7, 11) is 0. The van der Waals surface area contributed by atoms with Gasteiger partial charge in [-0.3, -0.25) is 19.6 Å². The fourth-order valence-corrected chi connectivity index (χ4v) is 1.98. The Hall–Kier alpha value is -3.96. The van der Waals surface area contributed by atoms with E-state index in [-0.39, 0.29) is 17.0 Å². The van der Waals surface area contributed by atoms with Crippen molar-refractivity contribution in [2.75, 3.05) is 0 Å². The minimum absolute atomic E-state index is 0.00670. The molecule has 0 aliphatic heterocycles. The maximum absolute atomic E-state index is 12.1.